The molecule has 0 aliphatic carbocycles. The van der Waals surface area contributed by atoms with Crippen LogP contribution < -0.4 is 9.46 Å². The molecule has 22 heavy (non-hydrogen) atoms. The molecule has 0 heterocycles. The molecule has 116 valence electrons. The maximum absolute atomic E-state index is 12.1. The second kappa shape index (κ2) is 6.48. The fourth-order valence-corrected chi connectivity index (χ4v) is 3.04. The number of hydrogen-bond acceptors (Lipinski definition) is 4. The van der Waals surface area contributed by atoms with E-state index in [4.69, 9.17) is 9.84 Å². The average Bonchev–Trinajstić information content (AvgIpc) is 2.47. The van der Waals surface area contributed by atoms with Gasteiger partial charge in [-0.2, -0.15) is 0 Å². The van der Waals surface area contributed by atoms with Crippen LogP contribution in [0.15, 0.2) is 48.5 Å². The van der Waals surface area contributed by atoms with Gasteiger partial charge in [0.2, 0.25) is 10.0 Å². The molecule has 0 atom stereocenters. The van der Waals surface area contributed by atoms with E-state index in [9.17, 15) is 13.2 Å². The first-order valence-corrected chi connectivity index (χ1v) is 8.01. The van der Waals surface area contributed by atoms with E-state index in [-0.39, 0.29) is 11.3 Å². The number of carbonyl (C=O) groups is 1. The third-order valence-corrected chi connectivity index (χ3v) is 4.18. The first-order chi connectivity index (χ1) is 10.4. The molecule has 0 aliphatic heterocycles. The van der Waals surface area contributed by atoms with Gasteiger partial charge in [0, 0.05) is 5.69 Å². The molecule has 0 aliphatic rings. The van der Waals surface area contributed by atoms with Crippen molar-refractivity contribution in [1.29, 1.82) is 0 Å². The van der Waals surface area contributed by atoms with Gasteiger partial charge in [-0.05, 0) is 42.0 Å². The Kier molecular flexibility index (Phi) is 4.67. The normalized spacial score (nSPS) is 11.0. The van der Waals surface area contributed by atoms with Crippen LogP contribution in [0.25, 0.3) is 0 Å². The summed E-state index contributed by atoms with van der Waals surface area (Å²) in [5.41, 5.74) is 1.05. The van der Waals surface area contributed by atoms with Crippen molar-refractivity contribution in [3.05, 3.63) is 59.7 Å². The number of carboxylic acids is 1. The van der Waals surface area contributed by atoms with E-state index in [0.29, 0.717) is 17.0 Å². The van der Waals surface area contributed by atoms with E-state index in [1.807, 2.05) is 0 Å². The van der Waals surface area contributed by atoms with Crippen LogP contribution in [0.5, 0.6) is 5.75 Å². The minimum atomic E-state index is -3.58. The lowest BCUT2D eigenvalue weighted by Gasteiger charge is -2.09. The molecule has 0 amide bonds. The third kappa shape index (κ3) is 4.23. The molecule has 0 radical (unpaired) electrons. The van der Waals surface area contributed by atoms with Gasteiger partial charge >= 0.3 is 5.97 Å². The standard InChI is InChI=1S/C15H15NO5S/c1-21-14-8-6-13(7-9-14)16-22(19,20)10-11-2-4-12(5-3-11)15(17)18/h2-9,16H,10H2,1H3,(H,17,18). The highest BCUT2D eigenvalue weighted by Gasteiger charge is 2.12. The van der Waals surface area contributed by atoms with Crippen LogP contribution >= 0.6 is 0 Å². The zero-order chi connectivity index (χ0) is 16.2. The van der Waals surface area contributed by atoms with Crippen LogP contribution in [-0.2, 0) is 15.8 Å². The molecule has 7 heteroatoms. The van der Waals surface area contributed by atoms with Crippen molar-refractivity contribution in [3.8, 4) is 5.75 Å². The lowest BCUT2D eigenvalue weighted by molar-refractivity contribution is 0.0697. The average molecular weight is 321 g/mol. The van der Waals surface area contributed by atoms with Gasteiger partial charge < -0.3 is 9.84 Å². The van der Waals surface area contributed by atoms with E-state index < -0.39 is 16.0 Å². The molecule has 2 N–H and O–H groups in total. The molecular formula is C15H15NO5S. The van der Waals surface area contributed by atoms with E-state index >= 15 is 0 Å². The second-order valence-corrected chi connectivity index (χ2v) is 6.31. The molecule has 2 rings (SSSR count). The van der Waals surface area contributed by atoms with E-state index in [2.05, 4.69) is 4.72 Å². The number of rotatable bonds is 6. The van der Waals surface area contributed by atoms with Crippen LogP contribution in [0.3, 0.4) is 0 Å². The summed E-state index contributed by atoms with van der Waals surface area (Å²) in [5.74, 6) is -0.656. The quantitative estimate of drug-likeness (QED) is 0.852. The lowest BCUT2D eigenvalue weighted by Crippen LogP contribution is -2.15. The van der Waals surface area contributed by atoms with Crippen LogP contribution in [0.4, 0.5) is 5.69 Å². The molecule has 6 nitrogen and oxygen atoms in total. The SMILES string of the molecule is COc1ccc(NS(=O)(=O)Cc2ccc(C(=O)O)cc2)cc1. The molecule has 2 aromatic rings. The number of ether oxygens (including phenoxy) is 1. The largest absolute Gasteiger partial charge is 0.497 e. The molecule has 0 bridgehead atoms. The number of aromatic carboxylic acids is 1. The summed E-state index contributed by atoms with van der Waals surface area (Å²) < 4.78 is 31.6. The Morgan fingerprint density at radius 3 is 2.18 bits per heavy atom. The predicted molar refractivity (Wildman–Crippen MR) is 82.6 cm³/mol. The molecule has 0 spiro atoms. The smallest absolute Gasteiger partial charge is 0.335 e. The summed E-state index contributed by atoms with van der Waals surface area (Å²) in [4.78, 5) is 10.8. The summed E-state index contributed by atoms with van der Waals surface area (Å²) in [5, 5.41) is 8.81. The number of carboxylic acid groups (broad SMARTS) is 1. The van der Waals surface area contributed by atoms with E-state index in [0.717, 1.165) is 0 Å². The van der Waals surface area contributed by atoms with Crippen molar-refractivity contribution in [3.63, 3.8) is 0 Å². The van der Waals surface area contributed by atoms with Gasteiger partial charge in [-0.25, -0.2) is 13.2 Å². The topological polar surface area (TPSA) is 92.7 Å². The molecule has 0 saturated heterocycles. The Morgan fingerprint density at radius 1 is 1.09 bits per heavy atom. The maximum atomic E-state index is 12.1. The van der Waals surface area contributed by atoms with Crippen LogP contribution in [0, 0.1) is 0 Å². The molecule has 2 aromatic carbocycles. The van der Waals surface area contributed by atoms with Gasteiger partial charge in [-0.3, -0.25) is 4.72 Å². The van der Waals surface area contributed by atoms with Crippen molar-refractivity contribution < 1.29 is 23.1 Å². The Labute approximate surface area is 128 Å². The zero-order valence-corrected chi connectivity index (χ0v) is 12.6. The highest BCUT2D eigenvalue weighted by molar-refractivity contribution is 7.91. The molecule has 0 unspecified atom stereocenters. The summed E-state index contributed by atoms with van der Waals surface area (Å²) in [6.45, 7) is 0. The summed E-state index contributed by atoms with van der Waals surface area (Å²) in [6.07, 6.45) is 0. The van der Waals surface area contributed by atoms with Gasteiger partial charge in [-0.1, -0.05) is 12.1 Å². The molecule has 0 aromatic heterocycles. The summed E-state index contributed by atoms with van der Waals surface area (Å²) in [7, 11) is -2.05. The first kappa shape index (κ1) is 15.8. The Hall–Kier alpha value is -2.54. The monoisotopic (exact) mass is 321 g/mol. The lowest BCUT2D eigenvalue weighted by atomic mass is 10.1. The van der Waals surface area contributed by atoms with Crippen molar-refractivity contribution in [2.45, 2.75) is 5.75 Å². The summed E-state index contributed by atoms with van der Waals surface area (Å²) >= 11 is 0. The Balaban J connectivity index is 2.08. The second-order valence-electron chi connectivity index (χ2n) is 4.59. The van der Waals surface area contributed by atoms with E-state index in [1.165, 1.54) is 31.4 Å². The Morgan fingerprint density at radius 2 is 1.68 bits per heavy atom. The van der Waals surface area contributed by atoms with Gasteiger partial charge in [-0.15, -0.1) is 0 Å². The van der Waals surface area contributed by atoms with Gasteiger partial charge in [0.1, 0.15) is 5.75 Å². The highest BCUT2D eigenvalue weighted by Crippen LogP contribution is 2.17. The van der Waals surface area contributed by atoms with Gasteiger partial charge in [0.05, 0.1) is 18.4 Å². The molecule has 0 fully saturated rings. The third-order valence-electron chi connectivity index (χ3n) is 2.92. The minimum absolute atomic E-state index is 0.115. The van der Waals surface area contributed by atoms with Crippen LogP contribution in [0.1, 0.15) is 15.9 Å². The Bertz CT molecular complexity index is 752. The van der Waals surface area contributed by atoms with Gasteiger partial charge in [0.15, 0.2) is 0 Å². The number of methoxy groups -OCH3 is 1. The van der Waals surface area contributed by atoms with Crippen LogP contribution in [-0.4, -0.2) is 26.6 Å². The number of benzene rings is 2. The number of nitrogens with one attached hydrogen (secondary N) is 1. The van der Waals surface area contributed by atoms with Gasteiger partial charge in [0.25, 0.3) is 0 Å². The van der Waals surface area contributed by atoms with Crippen molar-refractivity contribution in [2.75, 3.05) is 11.8 Å². The number of anilines is 1. The minimum Gasteiger partial charge on any atom is -0.497 e. The number of hydrogen-bond donors (Lipinski definition) is 2. The first-order valence-electron chi connectivity index (χ1n) is 6.36. The van der Waals surface area contributed by atoms with E-state index in [1.54, 1.807) is 24.3 Å². The van der Waals surface area contributed by atoms with Crippen molar-refractivity contribution >= 4 is 21.7 Å². The predicted octanol–water partition coefficient (Wildman–Crippen LogP) is 2.34. The van der Waals surface area contributed by atoms with Crippen LogP contribution in [0.2, 0.25) is 0 Å². The summed E-state index contributed by atoms with van der Waals surface area (Å²) in [6, 6.07) is 12.2. The maximum Gasteiger partial charge on any atom is 0.335 e. The zero-order valence-electron chi connectivity index (χ0n) is 11.8. The molecular weight excluding hydrogens is 306 g/mol. The number of sulfonamides is 1. The molecule has 0 saturated carbocycles. The highest BCUT2D eigenvalue weighted by atomic mass is 32.2. The fourth-order valence-electron chi connectivity index (χ4n) is 1.84. The van der Waals surface area contributed by atoms with Crippen molar-refractivity contribution in [1.82, 2.24) is 0 Å². The van der Waals surface area contributed by atoms with Crippen molar-refractivity contribution in [2.24, 2.45) is 0 Å². The fraction of sp³-hybridized carbons (Fsp3) is 0.133.